The first-order valence-corrected chi connectivity index (χ1v) is 10.8. The second kappa shape index (κ2) is 9.19. The average molecular weight is 418 g/mol. The highest BCUT2D eigenvalue weighted by atomic mass is 32.2. The number of carbonyl (C=O) groups excluding carboxylic acids is 1. The number of hydrogen-bond acceptors (Lipinski definition) is 4. The van der Waals surface area contributed by atoms with Crippen LogP contribution in [-0.2, 0) is 32.7 Å². The summed E-state index contributed by atoms with van der Waals surface area (Å²) in [5.41, 5.74) is 1.74. The number of nitrogens with zero attached hydrogens (tertiary/aromatic N) is 1. The Hall–Kier alpha value is -2.71. The first-order chi connectivity index (χ1) is 13.9. The minimum Gasteiger partial charge on any atom is -0.463 e. The van der Waals surface area contributed by atoms with Gasteiger partial charge in [-0.05, 0) is 43.0 Å². The minimum atomic E-state index is -3.89. The Labute approximate surface area is 170 Å². The van der Waals surface area contributed by atoms with E-state index >= 15 is 0 Å². The molecule has 0 fully saturated rings. The molecule has 3 rings (SSSR count). The Morgan fingerprint density at radius 3 is 2.55 bits per heavy atom. The van der Waals surface area contributed by atoms with Crippen molar-refractivity contribution in [1.82, 2.24) is 9.03 Å². The SMILES string of the molecule is CCOC(=O)C1=CN(Cc2cccc(F)c2)S(=O)(=O)NC1CCc1ccccc1. The van der Waals surface area contributed by atoms with Crippen molar-refractivity contribution in [3.05, 3.63) is 83.3 Å². The molecule has 0 amide bonds. The van der Waals surface area contributed by atoms with Crippen LogP contribution in [0.15, 0.2) is 66.4 Å². The smallest absolute Gasteiger partial charge is 0.337 e. The van der Waals surface area contributed by atoms with Crippen LogP contribution in [0.5, 0.6) is 0 Å². The molecule has 0 aliphatic carbocycles. The van der Waals surface area contributed by atoms with Gasteiger partial charge in [-0.25, -0.2) is 9.18 Å². The molecule has 154 valence electrons. The highest BCUT2D eigenvalue weighted by Crippen LogP contribution is 2.23. The second-order valence-corrected chi connectivity index (χ2v) is 8.33. The van der Waals surface area contributed by atoms with Crippen LogP contribution in [0.3, 0.4) is 0 Å². The van der Waals surface area contributed by atoms with Crippen molar-refractivity contribution in [2.75, 3.05) is 6.61 Å². The Morgan fingerprint density at radius 2 is 1.86 bits per heavy atom. The summed E-state index contributed by atoms with van der Waals surface area (Å²) in [6.45, 7) is 1.77. The quantitative estimate of drug-likeness (QED) is 0.702. The van der Waals surface area contributed by atoms with Crippen LogP contribution in [-0.4, -0.2) is 31.3 Å². The van der Waals surface area contributed by atoms with Gasteiger partial charge in [0.25, 0.3) is 0 Å². The summed E-state index contributed by atoms with van der Waals surface area (Å²) >= 11 is 0. The monoisotopic (exact) mass is 418 g/mol. The number of nitrogens with one attached hydrogen (secondary N) is 1. The van der Waals surface area contributed by atoms with E-state index in [1.165, 1.54) is 24.4 Å². The van der Waals surface area contributed by atoms with Crippen molar-refractivity contribution in [3.8, 4) is 0 Å². The van der Waals surface area contributed by atoms with Gasteiger partial charge in [0.2, 0.25) is 0 Å². The summed E-state index contributed by atoms with van der Waals surface area (Å²) in [7, 11) is -3.89. The minimum absolute atomic E-state index is 0.0958. The van der Waals surface area contributed by atoms with Crippen LogP contribution in [0.2, 0.25) is 0 Å². The van der Waals surface area contributed by atoms with Crippen molar-refractivity contribution in [1.29, 1.82) is 0 Å². The van der Waals surface area contributed by atoms with Gasteiger partial charge in [0.05, 0.1) is 24.8 Å². The molecule has 0 radical (unpaired) electrons. The topological polar surface area (TPSA) is 75.7 Å². The molecular formula is C21H23FN2O4S. The standard InChI is InChI=1S/C21H23FN2O4S/c1-2-28-21(25)19-15-24(14-17-9-6-10-18(22)13-17)29(26,27)23-20(19)12-11-16-7-4-3-5-8-16/h3-10,13,15,20,23H,2,11-12,14H2,1H3. The number of carbonyl (C=O) groups is 1. The maximum Gasteiger partial charge on any atom is 0.337 e. The molecule has 29 heavy (non-hydrogen) atoms. The Morgan fingerprint density at radius 1 is 1.14 bits per heavy atom. The molecule has 1 atom stereocenters. The highest BCUT2D eigenvalue weighted by Gasteiger charge is 2.35. The van der Waals surface area contributed by atoms with Gasteiger partial charge in [0, 0.05) is 6.20 Å². The molecular weight excluding hydrogens is 395 g/mol. The Balaban J connectivity index is 1.86. The van der Waals surface area contributed by atoms with Crippen molar-refractivity contribution >= 4 is 16.2 Å². The van der Waals surface area contributed by atoms with E-state index < -0.39 is 28.0 Å². The molecule has 2 aromatic rings. The van der Waals surface area contributed by atoms with Gasteiger partial charge in [0.15, 0.2) is 0 Å². The molecule has 8 heteroatoms. The number of rotatable bonds is 7. The number of hydrogen-bond donors (Lipinski definition) is 1. The normalized spacial score (nSPS) is 18.2. The lowest BCUT2D eigenvalue weighted by Gasteiger charge is -2.32. The molecule has 1 aliphatic rings. The molecule has 0 spiro atoms. The number of benzene rings is 2. The van der Waals surface area contributed by atoms with E-state index in [-0.39, 0.29) is 18.7 Å². The number of aryl methyl sites for hydroxylation is 1. The van der Waals surface area contributed by atoms with E-state index in [1.54, 1.807) is 13.0 Å². The molecule has 0 saturated heterocycles. The number of esters is 1. The molecule has 1 heterocycles. The van der Waals surface area contributed by atoms with Crippen LogP contribution < -0.4 is 4.72 Å². The molecule has 1 N–H and O–H groups in total. The summed E-state index contributed by atoms with van der Waals surface area (Å²) < 4.78 is 47.7. The highest BCUT2D eigenvalue weighted by molar-refractivity contribution is 7.87. The first-order valence-electron chi connectivity index (χ1n) is 9.35. The summed E-state index contributed by atoms with van der Waals surface area (Å²) in [6.07, 6.45) is 2.29. The zero-order chi connectivity index (χ0) is 20.9. The van der Waals surface area contributed by atoms with Crippen LogP contribution in [0, 0.1) is 5.82 Å². The fourth-order valence-corrected chi connectivity index (χ4v) is 4.46. The third-order valence-corrected chi connectivity index (χ3v) is 6.00. The van der Waals surface area contributed by atoms with Crippen LogP contribution >= 0.6 is 0 Å². The Bertz CT molecular complexity index is 993. The van der Waals surface area contributed by atoms with Crippen molar-refractivity contribution < 1.29 is 22.3 Å². The van der Waals surface area contributed by atoms with Crippen molar-refractivity contribution in [3.63, 3.8) is 0 Å². The molecule has 0 saturated carbocycles. The third kappa shape index (κ3) is 5.42. The van der Waals surface area contributed by atoms with Gasteiger partial charge in [-0.2, -0.15) is 13.1 Å². The van der Waals surface area contributed by atoms with Gasteiger partial charge in [-0.15, -0.1) is 0 Å². The van der Waals surface area contributed by atoms with E-state index in [4.69, 9.17) is 4.74 Å². The first kappa shape index (κ1) is 21.0. The van der Waals surface area contributed by atoms with Crippen LogP contribution in [0.25, 0.3) is 0 Å². The van der Waals surface area contributed by atoms with Crippen LogP contribution in [0.4, 0.5) is 4.39 Å². The fraction of sp³-hybridized carbons (Fsp3) is 0.286. The van der Waals surface area contributed by atoms with Crippen molar-refractivity contribution in [2.24, 2.45) is 0 Å². The summed E-state index contributed by atoms with van der Waals surface area (Å²) in [5, 5.41) is 0. The van der Waals surface area contributed by atoms with Gasteiger partial charge < -0.3 is 4.74 Å². The second-order valence-electron chi connectivity index (χ2n) is 6.68. The lowest BCUT2D eigenvalue weighted by Crippen LogP contribution is -2.50. The zero-order valence-corrected chi connectivity index (χ0v) is 16.9. The van der Waals surface area contributed by atoms with Gasteiger partial charge >= 0.3 is 16.2 Å². The van der Waals surface area contributed by atoms with E-state index in [1.807, 2.05) is 30.3 Å². The van der Waals surface area contributed by atoms with Gasteiger partial charge in [-0.3, -0.25) is 4.31 Å². The predicted molar refractivity (Wildman–Crippen MR) is 107 cm³/mol. The summed E-state index contributed by atoms with van der Waals surface area (Å²) in [6, 6.07) is 14.6. The zero-order valence-electron chi connectivity index (χ0n) is 16.0. The van der Waals surface area contributed by atoms with Gasteiger partial charge in [-0.1, -0.05) is 42.5 Å². The largest absolute Gasteiger partial charge is 0.463 e. The van der Waals surface area contributed by atoms with E-state index in [0.29, 0.717) is 18.4 Å². The molecule has 1 aliphatic heterocycles. The number of halogens is 1. The molecule has 0 bridgehead atoms. The predicted octanol–water partition coefficient (Wildman–Crippen LogP) is 2.92. The lowest BCUT2D eigenvalue weighted by atomic mass is 10.00. The van der Waals surface area contributed by atoms with Gasteiger partial charge in [0.1, 0.15) is 5.82 Å². The number of ether oxygens (including phenoxy) is 1. The molecule has 1 unspecified atom stereocenters. The van der Waals surface area contributed by atoms with E-state index in [2.05, 4.69) is 4.72 Å². The third-order valence-electron chi connectivity index (χ3n) is 4.56. The van der Waals surface area contributed by atoms with E-state index in [0.717, 1.165) is 9.87 Å². The lowest BCUT2D eigenvalue weighted by molar-refractivity contribution is -0.139. The average Bonchev–Trinajstić information content (AvgIpc) is 2.69. The summed E-state index contributed by atoms with van der Waals surface area (Å²) in [5.74, 6) is -1.03. The molecule has 6 nitrogen and oxygen atoms in total. The fourth-order valence-electron chi connectivity index (χ4n) is 3.15. The molecule has 2 aromatic carbocycles. The van der Waals surface area contributed by atoms with E-state index in [9.17, 15) is 17.6 Å². The van der Waals surface area contributed by atoms with Crippen LogP contribution in [0.1, 0.15) is 24.5 Å². The summed E-state index contributed by atoms with van der Waals surface area (Å²) in [4.78, 5) is 12.5. The Kier molecular flexibility index (Phi) is 6.66. The maximum atomic E-state index is 13.5. The molecule has 0 aromatic heterocycles. The maximum absolute atomic E-state index is 13.5. The van der Waals surface area contributed by atoms with Crippen molar-refractivity contribution in [2.45, 2.75) is 32.4 Å².